The minimum absolute atomic E-state index is 1.08. The molecule has 1 aliphatic rings. The molecule has 30 heavy (non-hydrogen) atoms. The van der Waals surface area contributed by atoms with E-state index in [1.165, 1.54) is 70.8 Å². The number of hydrogen-bond acceptors (Lipinski definition) is 6. The first kappa shape index (κ1) is 31.6. The van der Waals surface area contributed by atoms with E-state index in [1.54, 1.807) is 0 Å². The molecule has 0 fully saturated rings. The van der Waals surface area contributed by atoms with Crippen molar-refractivity contribution >= 4 is 23.5 Å². The molecule has 0 amide bonds. The molecule has 0 saturated carbocycles. The maximum Gasteiger partial charge on any atom is 0.344 e. The molecule has 182 valence electrons. The lowest BCUT2D eigenvalue weighted by Gasteiger charge is -2.17. The fourth-order valence-electron chi connectivity index (χ4n) is 2.54. The Hall–Kier alpha value is -0.540. The normalized spacial score (nSPS) is 15.1. The van der Waals surface area contributed by atoms with Crippen LogP contribution in [-0.4, -0.2) is 48.7 Å². The Morgan fingerprint density at radius 1 is 0.767 bits per heavy atom. The van der Waals surface area contributed by atoms with E-state index in [0.29, 0.717) is 0 Å². The molecule has 2 atom stereocenters. The van der Waals surface area contributed by atoms with Crippen molar-refractivity contribution < 1.29 is 34.8 Å². The Balaban J connectivity index is 0. The van der Waals surface area contributed by atoms with Gasteiger partial charge in [-0.2, -0.15) is 0 Å². The van der Waals surface area contributed by atoms with Crippen LogP contribution in [0.15, 0.2) is 12.4 Å². The summed E-state index contributed by atoms with van der Waals surface area (Å²) >= 11 is -7.23. The third-order valence-electron chi connectivity index (χ3n) is 3.95. The second kappa shape index (κ2) is 21.7. The highest BCUT2D eigenvalue weighted by Crippen LogP contribution is 2.12. The van der Waals surface area contributed by atoms with E-state index < -0.39 is 33.0 Å². The molecule has 0 aromatic heterocycles. The number of hydrogen-bond donors (Lipinski definition) is 0. The predicted molar refractivity (Wildman–Crippen MR) is 107 cm³/mol. The summed E-state index contributed by atoms with van der Waals surface area (Å²) < 4.78 is 75.7. The Morgan fingerprint density at radius 2 is 1.13 bits per heavy atom. The minimum atomic E-state index is -3.62. The summed E-state index contributed by atoms with van der Waals surface area (Å²) in [4.78, 5) is 4.64. The van der Waals surface area contributed by atoms with Crippen LogP contribution in [0, 0.1) is 0 Å². The van der Waals surface area contributed by atoms with Gasteiger partial charge in [0.2, 0.25) is 0 Å². The van der Waals surface area contributed by atoms with Crippen molar-refractivity contribution in [1.82, 2.24) is 19.3 Å². The smallest absolute Gasteiger partial charge is 0.344 e. The highest BCUT2D eigenvalue weighted by atomic mass is 32.3. The van der Waals surface area contributed by atoms with Gasteiger partial charge in [-0.15, -0.1) is 0 Å². The molecule has 0 aromatic carbocycles. The largest absolute Gasteiger partial charge is 0.556 e. The van der Waals surface area contributed by atoms with Crippen molar-refractivity contribution in [3.8, 4) is 0 Å². The highest BCUT2D eigenvalue weighted by molar-refractivity contribution is 7.83. The van der Waals surface area contributed by atoms with Crippen molar-refractivity contribution in [2.75, 3.05) is 20.3 Å². The van der Waals surface area contributed by atoms with Crippen LogP contribution >= 0.6 is 0 Å². The van der Waals surface area contributed by atoms with Gasteiger partial charge in [0.05, 0.1) is 6.67 Å². The summed E-state index contributed by atoms with van der Waals surface area (Å²) in [6, 6.07) is 0. The SMILES string of the molecule is CCCCCCCCCCCCN1C=CN(C)C1.[O-][S+](F)N(F)F.[O-][S+](F)N(F)F. The summed E-state index contributed by atoms with van der Waals surface area (Å²) in [5.41, 5.74) is 0. The Labute approximate surface area is 181 Å². The van der Waals surface area contributed by atoms with Gasteiger partial charge in [0, 0.05) is 33.8 Å². The predicted octanol–water partition coefficient (Wildman–Crippen LogP) is 5.79. The average molecular weight is 491 g/mol. The van der Waals surface area contributed by atoms with Gasteiger partial charge in [-0.1, -0.05) is 64.7 Å². The summed E-state index contributed by atoms with van der Waals surface area (Å²) in [6.45, 7) is 4.60. The molecule has 0 bridgehead atoms. The fraction of sp³-hybridized carbons (Fsp3) is 0.875. The second-order valence-electron chi connectivity index (χ2n) is 6.51. The van der Waals surface area contributed by atoms with E-state index in [2.05, 4.69) is 36.2 Å². The lowest BCUT2D eigenvalue weighted by atomic mass is 10.1. The van der Waals surface area contributed by atoms with Gasteiger partial charge in [-0.05, 0) is 24.3 Å². The molecule has 14 heteroatoms. The molecule has 0 aromatic rings. The zero-order chi connectivity index (χ0) is 23.4. The van der Waals surface area contributed by atoms with Crippen molar-refractivity contribution in [1.29, 1.82) is 0 Å². The van der Waals surface area contributed by atoms with Gasteiger partial charge in [0.1, 0.15) is 0 Å². The molecule has 1 rings (SSSR count). The number of nitrogens with zero attached hydrogens (tertiary/aromatic N) is 4. The van der Waals surface area contributed by atoms with Gasteiger partial charge in [0.15, 0.2) is 0 Å². The Kier molecular flexibility index (Phi) is 22.9. The zero-order valence-electron chi connectivity index (χ0n) is 17.3. The lowest BCUT2D eigenvalue weighted by molar-refractivity contribution is -0.0592. The van der Waals surface area contributed by atoms with E-state index in [9.17, 15) is 25.7 Å². The van der Waals surface area contributed by atoms with Crippen LogP contribution in [0.1, 0.15) is 71.1 Å². The zero-order valence-corrected chi connectivity index (χ0v) is 19.0. The number of rotatable bonds is 13. The first-order chi connectivity index (χ1) is 14.1. The third-order valence-corrected chi connectivity index (χ3v) is 4.39. The van der Waals surface area contributed by atoms with Gasteiger partial charge in [-0.3, -0.25) is 0 Å². The summed E-state index contributed by atoms with van der Waals surface area (Å²) in [6.07, 6.45) is 18.6. The van der Waals surface area contributed by atoms with Crippen LogP contribution in [-0.2, 0) is 23.5 Å². The molecular weight excluding hydrogens is 458 g/mol. The van der Waals surface area contributed by atoms with E-state index >= 15 is 0 Å². The average Bonchev–Trinajstić information content (AvgIpc) is 3.09. The van der Waals surface area contributed by atoms with Crippen molar-refractivity contribution in [3.63, 3.8) is 0 Å². The number of halogens is 6. The van der Waals surface area contributed by atoms with Crippen LogP contribution in [0.4, 0.5) is 25.7 Å². The quantitative estimate of drug-likeness (QED) is 0.141. The van der Waals surface area contributed by atoms with Gasteiger partial charge >= 0.3 is 23.5 Å². The van der Waals surface area contributed by atoms with Crippen molar-refractivity contribution in [2.24, 2.45) is 0 Å². The maximum absolute atomic E-state index is 10.5. The van der Waals surface area contributed by atoms with E-state index in [0.717, 1.165) is 6.67 Å². The molecule has 0 spiro atoms. The molecule has 1 aliphatic heterocycles. The minimum Gasteiger partial charge on any atom is -0.556 e. The second-order valence-corrected chi connectivity index (χ2v) is 7.89. The van der Waals surface area contributed by atoms with E-state index in [1.807, 2.05) is 0 Å². The molecule has 0 N–H and O–H groups in total. The fourth-order valence-corrected chi connectivity index (χ4v) is 2.54. The van der Waals surface area contributed by atoms with Crippen LogP contribution < -0.4 is 0 Å². The summed E-state index contributed by atoms with van der Waals surface area (Å²) in [7, 11) is 2.13. The molecular formula is C16H32F6N4O2S2. The van der Waals surface area contributed by atoms with Crippen molar-refractivity contribution in [2.45, 2.75) is 71.1 Å². The summed E-state index contributed by atoms with van der Waals surface area (Å²) in [5, 5.41) is 0. The standard InChI is InChI=1S/C16H32N2.2F3NOS/c1-3-4-5-6-7-8-9-10-11-12-13-18-15-14-17(2)16-18;2*1-4(2)6(3)5/h14-15H,3-13,16H2,1-2H3;;. The monoisotopic (exact) mass is 490 g/mol. The van der Waals surface area contributed by atoms with Gasteiger partial charge in [-0.25, -0.2) is 0 Å². The van der Waals surface area contributed by atoms with Crippen LogP contribution in [0.5, 0.6) is 0 Å². The Morgan fingerprint density at radius 3 is 1.43 bits per heavy atom. The van der Waals surface area contributed by atoms with Crippen LogP contribution in [0.25, 0.3) is 0 Å². The van der Waals surface area contributed by atoms with Gasteiger partial charge < -0.3 is 18.9 Å². The Bertz CT molecular complexity index is 379. The molecule has 1 heterocycles. The molecule has 0 aliphatic carbocycles. The highest BCUT2D eigenvalue weighted by Gasteiger charge is 2.18. The van der Waals surface area contributed by atoms with Gasteiger partial charge in [0.25, 0.3) is 9.50 Å². The molecule has 2 unspecified atom stereocenters. The topological polar surface area (TPSA) is 59.1 Å². The molecule has 6 nitrogen and oxygen atoms in total. The van der Waals surface area contributed by atoms with Crippen LogP contribution in [0.2, 0.25) is 0 Å². The molecule has 0 radical (unpaired) electrons. The number of unbranched alkanes of at least 4 members (excludes halogenated alkanes) is 9. The first-order valence-corrected chi connectivity index (χ1v) is 11.7. The maximum atomic E-state index is 10.5. The molecule has 0 saturated heterocycles. The first-order valence-electron chi connectivity index (χ1n) is 9.64. The lowest BCUT2D eigenvalue weighted by Crippen LogP contribution is -2.23. The van der Waals surface area contributed by atoms with E-state index in [4.69, 9.17) is 9.11 Å². The van der Waals surface area contributed by atoms with Crippen LogP contribution in [0.3, 0.4) is 0 Å². The van der Waals surface area contributed by atoms with E-state index in [-0.39, 0.29) is 0 Å². The summed E-state index contributed by atoms with van der Waals surface area (Å²) in [5.74, 6) is 0. The van der Waals surface area contributed by atoms with Crippen molar-refractivity contribution in [3.05, 3.63) is 12.4 Å². The third kappa shape index (κ3) is 23.7.